The van der Waals surface area contributed by atoms with Crippen molar-refractivity contribution in [2.75, 3.05) is 23.6 Å². The van der Waals surface area contributed by atoms with E-state index < -0.39 is 10.0 Å². The Morgan fingerprint density at radius 3 is 2.75 bits per heavy atom. The number of nitrogens with one attached hydrogen (secondary N) is 1. The van der Waals surface area contributed by atoms with Crippen molar-refractivity contribution in [2.24, 2.45) is 0 Å². The Labute approximate surface area is 143 Å². The topological polar surface area (TPSA) is 67.2 Å². The summed E-state index contributed by atoms with van der Waals surface area (Å²) < 4.78 is 28.4. The van der Waals surface area contributed by atoms with Gasteiger partial charge in [0.05, 0.1) is 18.0 Å². The van der Waals surface area contributed by atoms with Crippen LogP contribution in [0.4, 0.5) is 5.82 Å². The maximum Gasteiger partial charge on any atom is 0.233 e. The molecule has 1 N–H and O–H groups in total. The minimum absolute atomic E-state index is 0.0580. The second-order valence-electron chi connectivity index (χ2n) is 6.29. The van der Waals surface area contributed by atoms with Crippen LogP contribution < -0.4 is 4.72 Å². The molecular weight excluding hydrogens is 324 g/mol. The highest BCUT2D eigenvalue weighted by atomic mass is 32.2. The molecule has 0 aliphatic carbocycles. The molecule has 1 aliphatic heterocycles. The molecule has 7 heteroatoms. The average molecular weight is 348 g/mol. The Balaban J connectivity index is 1.72. The first-order valence-corrected chi connectivity index (χ1v) is 9.94. The molecular formula is C17H24N4O2S. The molecule has 1 saturated heterocycles. The van der Waals surface area contributed by atoms with Crippen LogP contribution in [-0.2, 0) is 16.6 Å². The SMILES string of the molecule is CCS(=O)(=O)Nc1c(C)cnn1C1CCN(Cc2ccccc2)C1. The lowest BCUT2D eigenvalue weighted by molar-refractivity contribution is 0.312. The molecule has 0 amide bonds. The monoisotopic (exact) mass is 348 g/mol. The van der Waals surface area contributed by atoms with Crippen molar-refractivity contribution in [3.63, 3.8) is 0 Å². The van der Waals surface area contributed by atoms with Crippen LogP contribution in [-0.4, -0.2) is 41.9 Å². The van der Waals surface area contributed by atoms with Gasteiger partial charge in [-0.2, -0.15) is 5.10 Å². The molecule has 0 saturated carbocycles. The fourth-order valence-electron chi connectivity index (χ4n) is 3.07. The molecule has 3 rings (SSSR count). The second-order valence-corrected chi connectivity index (χ2v) is 8.30. The summed E-state index contributed by atoms with van der Waals surface area (Å²) in [6.45, 7) is 6.28. The van der Waals surface area contributed by atoms with Gasteiger partial charge < -0.3 is 0 Å². The van der Waals surface area contributed by atoms with Crippen LogP contribution in [0.5, 0.6) is 0 Å². The summed E-state index contributed by atoms with van der Waals surface area (Å²) in [5, 5.41) is 4.42. The average Bonchev–Trinajstić information content (AvgIpc) is 3.16. The van der Waals surface area contributed by atoms with Crippen molar-refractivity contribution in [2.45, 2.75) is 32.9 Å². The van der Waals surface area contributed by atoms with E-state index in [-0.39, 0.29) is 11.8 Å². The van der Waals surface area contributed by atoms with Gasteiger partial charge >= 0.3 is 0 Å². The van der Waals surface area contributed by atoms with Gasteiger partial charge in [-0.25, -0.2) is 13.1 Å². The summed E-state index contributed by atoms with van der Waals surface area (Å²) in [6.07, 6.45) is 2.70. The van der Waals surface area contributed by atoms with E-state index in [1.165, 1.54) is 5.56 Å². The van der Waals surface area contributed by atoms with Crippen molar-refractivity contribution >= 4 is 15.8 Å². The van der Waals surface area contributed by atoms with Crippen LogP contribution in [0.25, 0.3) is 0 Å². The quantitative estimate of drug-likeness (QED) is 0.870. The molecule has 24 heavy (non-hydrogen) atoms. The Kier molecular flexibility index (Phi) is 4.91. The van der Waals surface area contributed by atoms with Crippen molar-refractivity contribution in [1.82, 2.24) is 14.7 Å². The van der Waals surface area contributed by atoms with Gasteiger partial charge in [0, 0.05) is 25.2 Å². The first-order chi connectivity index (χ1) is 11.5. The minimum atomic E-state index is -3.30. The number of anilines is 1. The second kappa shape index (κ2) is 6.94. The van der Waals surface area contributed by atoms with Crippen LogP contribution in [0.15, 0.2) is 36.5 Å². The first-order valence-electron chi connectivity index (χ1n) is 8.29. The summed E-state index contributed by atoms with van der Waals surface area (Å²) >= 11 is 0. The van der Waals surface area contributed by atoms with Crippen LogP contribution in [0.2, 0.25) is 0 Å². The fourth-order valence-corrected chi connectivity index (χ4v) is 3.76. The van der Waals surface area contributed by atoms with Gasteiger partial charge in [0.2, 0.25) is 10.0 Å². The zero-order valence-corrected chi connectivity index (χ0v) is 15.0. The zero-order valence-electron chi connectivity index (χ0n) is 14.1. The molecule has 1 aromatic carbocycles. The molecule has 0 spiro atoms. The van der Waals surface area contributed by atoms with Crippen LogP contribution in [0.3, 0.4) is 0 Å². The molecule has 1 unspecified atom stereocenters. The standard InChI is InChI=1S/C17H24N4O2S/c1-3-24(22,23)19-17-14(2)11-18-21(17)16-9-10-20(13-16)12-15-7-5-4-6-8-15/h4-8,11,16,19H,3,9-10,12-13H2,1-2H3. The molecule has 0 radical (unpaired) electrons. The molecule has 1 fully saturated rings. The largest absolute Gasteiger partial charge is 0.297 e. The number of likely N-dealkylation sites (tertiary alicyclic amines) is 1. The number of hydrogen-bond donors (Lipinski definition) is 1. The summed E-state index contributed by atoms with van der Waals surface area (Å²) in [5.74, 6) is 0.658. The predicted octanol–water partition coefficient (Wildman–Crippen LogP) is 2.40. The number of aromatic nitrogens is 2. The van der Waals surface area contributed by atoms with Crippen LogP contribution in [0.1, 0.15) is 30.5 Å². The maximum atomic E-state index is 11.9. The highest BCUT2D eigenvalue weighted by Gasteiger charge is 2.27. The number of sulfonamides is 1. The molecule has 2 aromatic rings. The molecule has 0 bridgehead atoms. The number of nitrogens with zero attached hydrogens (tertiary/aromatic N) is 3. The van der Waals surface area contributed by atoms with Gasteiger partial charge in [-0.05, 0) is 25.8 Å². The summed E-state index contributed by atoms with van der Waals surface area (Å²) in [4.78, 5) is 2.38. The first kappa shape index (κ1) is 17.0. The van der Waals surface area contributed by atoms with Gasteiger partial charge in [0.1, 0.15) is 5.82 Å². The van der Waals surface area contributed by atoms with Gasteiger partial charge in [-0.15, -0.1) is 0 Å². The van der Waals surface area contributed by atoms with Crippen molar-refractivity contribution < 1.29 is 8.42 Å². The van der Waals surface area contributed by atoms with Crippen molar-refractivity contribution in [1.29, 1.82) is 0 Å². The van der Waals surface area contributed by atoms with E-state index in [1.807, 2.05) is 17.7 Å². The predicted molar refractivity (Wildman–Crippen MR) is 95.4 cm³/mol. The van der Waals surface area contributed by atoms with Gasteiger partial charge in [-0.1, -0.05) is 30.3 Å². The minimum Gasteiger partial charge on any atom is -0.297 e. The molecule has 6 nitrogen and oxygen atoms in total. The van der Waals surface area contributed by atoms with Crippen molar-refractivity contribution in [3.8, 4) is 0 Å². The van der Waals surface area contributed by atoms with Crippen LogP contribution in [0, 0.1) is 6.92 Å². The van der Waals surface area contributed by atoms with Gasteiger partial charge in [-0.3, -0.25) is 9.62 Å². The lowest BCUT2D eigenvalue weighted by atomic mass is 10.2. The normalized spacial score (nSPS) is 18.8. The summed E-state index contributed by atoms with van der Waals surface area (Å²) in [5.41, 5.74) is 2.15. The Hall–Kier alpha value is -1.86. The Bertz CT molecular complexity index is 786. The van der Waals surface area contributed by atoms with Crippen molar-refractivity contribution in [3.05, 3.63) is 47.7 Å². The van der Waals surface area contributed by atoms with Crippen LogP contribution >= 0.6 is 0 Å². The highest BCUT2D eigenvalue weighted by molar-refractivity contribution is 7.92. The fraction of sp³-hybridized carbons (Fsp3) is 0.471. The smallest absolute Gasteiger partial charge is 0.233 e. The third-order valence-electron chi connectivity index (χ3n) is 4.45. The Morgan fingerprint density at radius 1 is 1.29 bits per heavy atom. The van der Waals surface area contributed by atoms with Gasteiger partial charge in [0.25, 0.3) is 0 Å². The van der Waals surface area contributed by atoms with E-state index in [9.17, 15) is 8.42 Å². The van der Waals surface area contributed by atoms with E-state index in [4.69, 9.17) is 0 Å². The van der Waals surface area contributed by atoms with Gasteiger partial charge in [0.15, 0.2) is 0 Å². The zero-order chi connectivity index (χ0) is 17.2. The third kappa shape index (κ3) is 3.79. The third-order valence-corrected chi connectivity index (χ3v) is 5.72. The summed E-state index contributed by atoms with van der Waals surface area (Å²) in [7, 11) is -3.30. The highest BCUT2D eigenvalue weighted by Crippen LogP contribution is 2.28. The number of aryl methyl sites for hydroxylation is 1. The maximum absolute atomic E-state index is 11.9. The molecule has 130 valence electrons. The lowest BCUT2D eigenvalue weighted by Gasteiger charge is -2.18. The molecule has 1 aromatic heterocycles. The number of hydrogen-bond acceptors (Lipinski definition) is 4. The molecule has 1 aliphatic rings. The molecule has 2 heterocycles. The van der Waals surface area contributed by atoms with E-state index in [0.29, 0.717) is 5.82 Å². The summed E-state index contributed by atoms with van der Waals surface area (Å²) in [6, 6.07) is 10.6. The number of rotatable bonds is 6. The lowest BCUT2D eigenvalue weighted by Crippen LogP contribution is -2.24. The number of benzene rings is 1. The van der Waals surface area contributed by atoms with E-state index in [1.54, 1.807) is 13.1 Å². The van der Waals surface area contributed by atoms with E-state index in [2.05, 4.69) is 39.0 Å². The van der Waals surface area contributed by atoms with E-state index >= 15 is 0 Å². The molecule has 1 atom stereocenters. The van der Waals surface area contributed by atoms with E-state index in [0.717, 1.165) is 31.6 Å². The Morgan fingerprint density at radius 2 is 2.04 bits per heavy atom.